The number of carbonyl (C=O) groups excluding carboxylic acids is 3. The van der Waals surface area contributed by atoms with Crippen LogP contribution in [0.4, 0.5) is 16.2 Å². The fourth-order valence-electron chi connectivity index (χ4n) is 3.26. The van der Waals surface area contributed by atoms with E-state index in [1.165, 1.54) is 43.6 Å². The van der Waals surface area contributed by atoms with Gasteiger partial charge < -0.3 is 14.8 Å². The van der Waals surface area contributed by atoms with Gasteiger partial charge in [0.15, 0.2) is 11.5 Å². The summed E-state index contributed by atoms with van der Waals surface area (Å²) in [5.41, 5.74) is 0.612. The highest BCUT2D eigenvalue weighted by molar-refractivity contribution is 8.18. The number of thioether (sulfide) groups is 1. The van der Waals surface area contributed by atoms with Crippen LogP contribution >= 0.6 is 23.4 Å². The Labute approximate surface area is 219 Å². The molecule has 37 heavy (non-hydrogen) atoms. The largest absolute Gasteiger partial charge is 0.493 e. The lowest BCUT2D eigenvalue weighted by molar-refractivity contribution is -0.386. The van der Waals surface area contributed by atoms with Gasteiger partial charge in [-0.25, -0.2) is 4.98 Å². The van der Waals surface area contributed by atoms with Crippen molar-refractivity contribution >= 4 is 57.9 Å². The Balaban J connectivity index is 1.49. The molecule has 2 heterocycles. The van der Waals surface area contributed by atoms with Gasteiger partial charge in [-0.3, -0.25) is 29.4 Å². The number of aromatic nitrogens is 1. The first-order chi connectivity index (χ1) is 17.7. The zero-order valence-corrected chi connectivity index (χ0v) is 20.6. The number of benzene rings is 2. The molecule has 3 amide bonds. The van der Waals surface area contributed by atoms with Crippen LogP contribution in [-0.4, -0.2) is 45.5 Å². The van der Waals surface area contributed by atoms with E-state index >= 15 is 0 Å². The van der Waals surface area contributed by atoms with E-state index in [1.54, 1.807) is 30.3 Å². The van der Waals surface area contributed by atoms with E-state index in [4.69, 9.17) is 21.1 Å². The van der Waals surface area contributed by atoms with Gasteiger partial charge in [0, 0.05) is 23.0 Å². The van der Waals surface area contributed by atoms with Crippen molar-refractivity contribution in [2.75, 3.05) is 19.0 Å². The average Bonchev–Trinajstić information content (AvgIpc) is 3.12. The molecule has 0 unspecified atom stereocenters. The van der Waals surface area contributed by atoms with Crippen molar-refractivity contribution in [3.63, 3.8) is 0 Å². The summed E-state index contributed by atoms with van der Waals surface area (Å²) in [6, 6.07) is 13.7. The van der Waals surface area contributed by atoms with E-state index in [0.717, 1.165) is 4.90 Å². The second-order valence-corrected chi connectivity index (χ2v) is 8.85. The Morgan fingerprint density at radius 3 is 2.73 bits per heavy atom. The van der Waals surface area contributed by atoms with E-state index in [2.05, 4.69) is 10.3 Å². The summed E-state index contributed by atoms with van der Waals surface area (Å²) >= 11 is 6.60. The molecule has 1 aliphatic rings. The number of hydrogen-bond acceptors (Lipinski definition) is 9. The SMILES string of the molecule is COc1cc(/C=C2\SC(=O)N(CC(=O)Nc3cccc(Cl)c3)C2=O)ccc1Oc1ncccc1[N+](=O)[O-]. The lowest BCUT2D eigenvalue weighted by atomic mass is 10.2. The van der Waals surface area contributed by atoms with Gasteiger partial charge in [-0.05, 0) is 59.8 Å². The van der Waals surface area contributed by atoms with Crippen LogP contribution in [0.2, 0.25) is 5.02 Å². The molecular formula is C24H17ClN4O7S. The van der Waals surface area contributed by atoms with Crippen LogP contribution in [0.5, 0.6) is 17.4 Å². The number of anilines is 1. The number of amides is 3. The van der Waals surface area contributed by atoms with Gasteiger partial charge in [0.05, 0.1) is 16.9 Å². The Kier molecular flexibility index (Phi) is 7.70. The first kappa shape index (κ1) is 25.7. The number of halogens is 1. The van der Waals surface area contributed by atoms with Crippen LogP contribution < -0.4 is 14.8 Å². The molecule has 1 fully saturated rings. The van der Waals surface area contributed by atoms with Crippen LogP contribution in [0.1, 0.15) is 5.56 Å². The summed E-state index contributed by atoms with van der Waals surface area (Å²) < 4.78 is 10.9. The third kappa shape index (κ3) is 6.05. The number of hydrogen-bond donors (Lipinski definition) is 1. The molecule has 0 radical (unpaired) electrons. The molecule has 0 aliphatic carbocycles. The molecule has 0 saturated carbocycles. The molecule has 1 saturated heterocycles. The van der Waals surface area contributed by atoms with Crippen molar-refractivity contribution < 1.29 is 28.8 Å². The number of nitrogens with one attached hydrogen (secondary N) is 1. The Morgan fingerprint density at radius 2 is 2.00 bits per heavy atom. The van der Waals surface area contributed by atoms with Crippen molar-refractivity contribution in [1.29, 1.82) is 0 Å². The molecule has 188 valence electrons. The van der Waals surface area contributed by atoms with Crippen LogP contribution in [0.3, 0.4) is 0 Å². The Hall–Kier alpha value is -4.42. The molecule has 4 rings (SSSR count). The van der Waals surface area contributed by atoms with Crippen LogP contribution in [0.25, 0.3) is 6.08 Å². The molecule has 11 nitrogen and oxygen atoms in total. The zero-order valence-electron chi connectivity index (χ0n) is 19.0. The molecular weight excluding hydrogens is 524 g/mol. The second-order valence-electron chi connectivity index (χ2n) is 7.42. The minimum absolute atomic E-state index is 0.108. The fraction of sp³-hybridized carbons (Fsp3) is 0.0833. The van der Waals surface area contributed by atoms with Crippen molar-refractivity contribution in [3.05, 3.63) is 86.4 Å². The van der Waals surface area contributed by atoms with Crippen molar-refractivity contribution in [2.24, 2.45) is 0 Å². The van der Waals surface area contributed by atoms with Gasteiger partial charge in [0.2, 0.25) is 5.91 Å². The quantitative estimate of drug-likeness (QED) is 0.234. The minimum Gasteiger partial charge on any atom is -0.493 e. The van der Waals surface area contributed by atoms with E-state index in [0.29, 0.717) is 28.0 Å². The maximum Gasteiger partial charge on any atom is 0.331 e. The lowest BCUT2D eigenvalue weighted by Crippen LogP contribution is -2.36. The fourth-order valence-corrected chi connectivity index (χ4v) is 4.29. The van der Waals surface area contributed by atoms with E-state index in [1.807, 2.05) is 0 Å². The molecule has 3 aromatic rings. The highest BCUT2D eigenvalue weighted by Gasteiger charge is 2.36. The number of rotatable bonds is 8. The predicted molar refractivity (Wildman–Crippen MR) is 137 cm³/mol. The van der Waals surface area contributed by atoms with Gasteiger partial charge >= 0.3 is 5.69 Å². The number of nitrogens with zero attached hydrogens (tertiary/aromatic N) is 3. The smallest absolute Gasteiger partial charge is 0.331 e. The molecule has 0 bridgehead atoms. The number of imide groups is 1. The Morgan fingerprint density at radius 1 is 1.19 bits per heavy atom. The number of ether oxygens (including phenoxy) is 2. The number of carbonyl (C=O) groups is 3. The van der Waals surface area contributed by atoms with E-state index in [9.17, 15) is 24.5 Å². The van der Waals surface area contributed by atoms with Crippen molar-refractivity contribution in [2.45, 2.75) is 0 Å². The first-order valence-corrected chi connectivity index (χ1v) is 11.7. The first-order valence-electron chi connectivity index (χ1n) is 10.5. The standard InChI is InChI=1S/C24H17ClN4O7S/c1-35-19-10-14(7-8-18(19)36-22-17(29(33)34)6-3-9-26-22)11-20-23(31)28(24(32)37-20)13-21(30)27-16-5-2-4-15(25)12-16/h2-12H,13H2,1H3,(H,27,30)/b20-11-. The summed E-state index contributed by atoms with van der Waals surface area (Å²) in [7, 11) is 1.38. The highest BCUT2D eigenvalue weighted by atomic mass is 35.5. The Bertz CT molecular complexity index is 1450. The zero-order chi connectivity index (χ0) is 26.5. The van der Waals surface area contributed by atoms with Crippen molar-refractivity contribution in [1.82, 2.24) is 9.88 Å². The minimum atomic E-state index is -0.625. The predicted octanol–water partition coefficient (Wildman–Crippen LogP) is 5.12. The van der Waals surface area contributed by atoms with E-state index in [-0.39, 0.29) is 28.0 Å². The monoisotopic (exact) mass is 540 g/mol. The number of nitro groups is 1. The maximum absolute atomic E-state index is 12.8. The number of methoxy groups -OCH3 is 1. The summed E-state index contributed by atoms with van der Waals surface area (Å²) in [6.07, 6.45) is 2.82. The van der Waals surface area contributed by atoms with Crippen LogP contribution in [-0.2, 0) is 9.59 Å². The molecule has 1 N–H and O–H groups in total. The maximum atomic E-state index is 12.8. The van der Waals surface area contributed by atoms with Gasteiger partial charge in [-0.1, -0.05) is 23.7 Å². The third-order valence-electron chi connectivity index (χ3n) is 4.92. The summed E-state index contributed by atoms with van der Waals surface area (Å²) in [6.45, 7) is -0.465. The molecule has 0 spiro atoms. The van der Waals surface area contributed by atoms with Crippen LogP contribution in [0, 0.1) is 10.1 Å². The molecule has 13 heteroatoms. The summed E-state index contributed by atoms with van der Waals surface area (Å²) in [4.78, 5) is 53.0. The average molecular weight is 541 g/mol. The van der Waals surface area contributed by atoms with E-state index < -0.39 is 28.5 Å². The highest BCUT2D eigenvalue weighted by Crippen LogP contribution is 2.37. The number of pyridine rings is 1. The second kappa shape index (κ2) is 11.1. The van der Waals surface area contributed by atoms with Gasteiger partial charge in [-0.15, -0.1) is 0 Å². The third-order valence-corrected chi connectivity index (χ3v) is 6.07. The van der Waals surface area contributed by atoms with Gasteiger partial charge in [0.25, 0.3) is 17.0 Å². The molecule has 1 aromatic heterocycles. The summed E-state index contributed by atoms with van der Waals surface area (Å²) in [5.74, 6) is -1.02. The molecule has 1 aliphatic heterocycles. The lowest BCUT2D eigenvalue weighted by Gasteiger charge is -2.12. The topological polar surface area (TPSA) is 141 Å². The molecule has 2 aromatic carbocycles. The normalized spacial score (nSPS) is 14.1. The van der Waals surface area contributed by atoms with Crippen molar-refractivity contribution in [3.8, 4) is 17.4 Å². The van der Waals surface area contributed by atoms with Crippen LogP contribution in [0.15, 0.2) is 65.7 Å². The molecule has 0 atom stereocenters. The summed E-state index contributed by atoms with van der Waals surface area (Å²) in [5, 5.41) is 13.6. The van der Waals surface area contributed by atoms with Gasteiger partial charge in [-0.2, -0.15) is 0 Å². The van der Waals surface area contributed by atoms with Gasteiger partial charge in [0.1, 0.15) is 6.54 Å².